The molecule has 0 saturated carbocycles. The molecule has 0 fully saturated rings. The van der Waals surface area contributed by atoms with E-state index in [4.69, 9.17) is 17.3 Å². The van der Waals surface area contributed by atoms with E-state index in [0.717, 1.165) is 4.90 Å². The molecule has 7 heteroatoms. The van der Waals surface area contributed by atoms with Gasteiger partial charge in [0.2, 0.25) is 0 Å². The molecule has 1 aliphatic heterocycles. The smallest absolute Gasteiger partial charge is 0.398 e. The summed E-state index contributed by atoms with van der Waals surface area (Å²) >= 11 is 5.76. The molecule has 0 spiro atoms. The topological polar surface area (TPSA) is 46.3 Å². The lowest BCUT2D eigenvalue weighted by Crippen LogP contribution is -2.37. The number of benzene rings is 1. The van der Waals surface area contributed by atoms with Crippen molar-refractivity contribution in [3.8, 4) is 0 Å². The number of nitrogens with two attached hydrogens (primary N) is 1. The minimum Gasteiger partial charge on any atom is -0.398 e. The van der Waals surface area contributed by atoms with Crippen LogP contribution in [-0.2, 0) is 17.9 Å². The van der Waals surface area contributed by atoms with Gasteiger partial charge < -0.3 is 10.6 Å². The molecule has 1 aliphatic rings. The Bertz CT molecular complexity index is 456. The molecular formula is C10H8ClF3N2O. The van der Waals surface area contributed by atoms with Gasteiger partial charge in [0.25, 0.3) is 0 Å². The molecule has 92 valence electrons. The van der Waals surface area contributed by atoms with Gasteiger partial charge in [0.05, 0.1) is 10.7 Å². The number of halogens is 4. The number of carbonyl (C=O) groups is 1. The fraction of sp³-hybridized carbons (Fsp3) is 0.300. The van der Waals surface area contributed by atoms with Gasteiger partial charge in [0.15, 0.2) is 0 Å². The molecule has 0 saturated heterocycles. The van der Waals surface area contributed by atoms with E-state index >= 15 is 0 Å². The molecular weight excluding hydrogens is 257 g/mol. The normalized spacial score (nSPS) is 14.9. The van der Waals surface area contributed by atoms with Crippen molar-refractivity contribution in [1.82, 2.24) is 4.90 Å². The van der Waals surface area contributed by atoms with Crippen LogP contribution in [0.25, 0.3) is 0 Å². The third kappa shape index (κ3) is 2.17. The van der Waals surface area contributed by atoms with Crippen LogP contribution in [0, 0.1) is 0 Å². The molecule has 1 aromatic carbocycles. The molecule has 0 unspecified atom stereocenters. The highest BCUT2D eigenvalue weighted by molar-refractivity contribution is 6.33. The van der Waals surface area contributed by atoms with Gasteiger partial charge >= 0.3 is 12.1 Å². The first-order chi connectivity index (χ1) is 7.79. The Morgan fingerprint density at radius 1 is 1.29 bits per heavy atom. The van der Waals surface area contributed by atoms with E-state index in [2.05, 4.69) is 0 Å². The van der Waals surface area contributed by atoms with Crippen LogP contribution < -0.4 is 5.73 Å². The highest BCUT2D eigenvalue weighted by atomic mass is 35.5. The van der Waals surface area contributed by atoms with E-state index in [9.17, 15) is 18.0 Å². The second-order valence-electron chi connectivity index (χ2n) is 3.80. The monoisotopic (exact) mass is 264 g/mol. The van der Waals surface area contributed by atoms with E-state index in [1.165, 1.54) is 12.1 Å². The number of alkyl halides is 3. The summed E-state index contributed by atoms with van der Waals surface area (Å²) < 4.78 is 36.7. The summed E-state index contributed by atoms with van der Waals surface area (Å²) in [5.41, 5.74) is 7.04. The second-order valence-corrected chi connectivity index (χ2v) is 4.21. The van der Waals surface area contributed by atoms with E-state index in [-0.39, 0.29) is 18.1 Å². The summed E-state index contributed by atoms with van der Waals surface area (Å²) in [6.07, 6.45) is -4.85. The zero-order chi connectivity index (χ0) is 12.8. The van der Waals surface area contributed by atoms with Crippen molar-refractivity contribution in [2.75, 3.05) is 5.73 Å². The lowest BCUT2D eigenvalue weighted by molar-refractivity contribution is -0.186. The molecule has 3 nitrogen and oxygen atoms in total. The first-order valence-electron chi connectivity index (χ1n) is 4.72. The average molecular weight is 265 g/mol. The van der Waals surface area contributed by atoms with Crippen molar-refractivity contribution in [1.29, 1.82) is 0 Å². The van der Waals surface area contributed by atoms with E-state index in [1.807, 2.05) is 0 Å². The maximum atomic E-state index is 12.2. The number of nitrogens with zero attached hydrogens (tertiary/aromatic N) is 1. The molecule has 1 heterocycles. The van der Waals surface area contributed by atoms with Crippen LogP contribution in [0.1, 0.15) is 11.1 Å². The first-order valence-corrected chi connectivity index (χ1v) is 5.09. The second kappa shape index (κ2) is 3.80. The summed E-state index contributed by atoms with van der Waals surface area (Å²) in [4.78, 5) is 11.8. The van der Waals surface area contributed by atoms with Crippen LogP contribution in [0.3, 0.4) is 0 Å². The molecule has 2 rings (SSSR count). The van der Waals surface area contributed by atoms with E-state index < -0.39 is 12.1 Å². The lowest BCUT2D eigenvalue weighted by atomic mass is 10.1. The standard InChI is InChI=1S/C10H8ClF3N2O/c11-7-1-5-3-16(9(17)10(12,13)14)4-6(5)2-8(7)15/h1-2H,3-4,15H2. The maximum Gasteiger partial charge on any atom is 0.471 e. The van der Waals surface area contributed by atoms with Crippen molar-refractivity contribution in [2.45, 2.75) is 19.3 Å². The highest BCUT2D eigenvalue weighted by Gasteiger charge is 2.44. The Labute approximate surface area is 99.9 Å². The number of amides is 1. The predicted molar refractivity (Wildman–Crippen MR) is 56.2 cm³/mol. The van der Waals surface area contributed by atoms with Crippen LogP contribution >= 0.6 is 11.6 Å². The molecule has 0 radical (unpaired) electrons. The Balaban J connectivity index is 2.25. The zero-order valence-electron chi connectivity index (χ0n) is 8.51. The first kappa shape index (κ1) is 12.0. The fourth-order valence-corrected chi connectivity index (χ4v) is 1.95. The number of hydrogen-bond donors (Lipinski definition) is 1. The number of hydrogen-bond acceptors (Lipinski definition) is 2. The summed E-state index contributed by atoms with van der Waals surface area (Å²) in [5, 5.41) is 0.282. The Kier molecular flexibility index (Phi) is 2.69. The van der Waals surface area contributed by atoms with Crippen molar-refractivity contribution in [3.05, 3.63) is 28.3 Å². The fourth-order valence-electron chi connectivity index (χ4n) is 1.76. The van der Waals surface area contributed by atoms with Crippen molar-refractivity contribution >= 4 is 23.2 Å². The Hall–Kier alpha value is -1.43. The number of anilines is 1. The molecule has 0 aromatic heterocycles. The Morgan fingerprint density at radius 2 is 1.82 bits per heavy atom. The van der Waals surface area contributed by atoms with E-state index in [0.29, 0.717) is 16.8 Å². The number of fused-ring (bicyclic) bond motifs is 1. The van der Waals surface area contributed by atoms with Gasteiger partial charge in [0.1, 0.15) is 0 Å². The number of nitrogen functional groups attached to an aromatic ring is 1. The van der Waals surface area contributed by atoms with E-state index in [1.54, 1.807) is 0 Å². The van der Waals surface area contributed by atoms with Gasteiger partial charge in [-0.2, -0.15) is 13.2 Å². The summed E-state index contributed by atoms with van der Waals surface area (Å²) in [7, 11) is 0. The quantitative estimate of drug-likeness (QED) is 0.731. The molecule has 2 N–H and O–H groups in total. The van der Waals surface area contributed by atoms with Crippen LogP contribution in [0.4, 0.5) is 18.9 Å². The van der Waals surface area contributed by atoms with Gasteiger partial charge in [0, 0.05) is 13.1 Å². The average Bonchev–Trinajstić information content (AvgIpc) is 2.59. The SMILES string of the molecule is Nc1cc2c(cc1Cl)CN(C(=O)C(F)(F)F)C2. The molecule has 0 bridgehead atoms. The van der Waals surface area contributed by atoms with Gasteiger partial charge in [-0.25, -0.2) is 0 Å². The van der Waals surface area contributed by atoms with Crippen molar-refractivity contribution in [3.63, 3.8) is 0 Å². The highest BCUT2D eigenvalue weighted by Crippen LogP contribution is 2.32. The van der Waals surface area contributed by atoms with Crippen LogP contribution in [0.2, 0.25) is 5.02 Å². The summed E-state index contributed by atoms with van der Waals surface area (Å²) in [6, 6.07) is 3.00. The minimum atomic E-state index is -4.85. The van der Waals surface area contributed by atoms with Crippen LogP contribution in [-0.4, -0.2) is 17.0 Å². The van der Waals surface area contributed by atoms with Gasteiger partial charge in [-0.05, 0) is 23.3 Å². The summed E-state index contributed by atoms with van der Waals surface area (Å²) in [6.45, 7) is -0.178. The minimum absolute atomic E-state index is 0.0882. The number of rotatable bonds is 0. The summed E-state index contributed by atoms with van der Waals surface area (Å²) in [5.74, 6) is -1.84. The molecule has 0 atom stereocenters. The third-order valence-corrected chi connectivity index (χ3v) is 2.90. The lowest BCUT2D eigenvalue weighted by Gasteiger charge is -2.16. The zero-order valence-corrected chi connectivity index (χ0v) is 9.27. The maximum absolute atomic E-state index is 12.2. The van der Waals surface area contributed by atoms with Gasteiger partial charge in [-0.3, -0.25) is 4.79 Å². The molecule has 0 aliphatic carbocycles. The molecule has 1 amide bonds. The Morgan fingerprint density at radius 3 is 2.35 bits per heavy atom. The van der Waals surface area contributed by atoms with Crippen LogP contribution in [0.5, 0.6) is 0 Å². The predicted octanol–water partition coefficient (Wildman–Crippen LogP) is 2.33. The van der Waals surface area contributed by atoms with Crippen LogP contribution in [0.15, 0.2) is 12.1 Å². The third-order valence-electron chi connectivity index (χ3n) is 2.57. The largest absolute Gasteiger partial charge is 0.471 e. The molecule has 17 heavy (non-hydrogen) atoms. The number of carbonyl (C=O) groups excluding carboxylic acids is 1. The van der Waals surface area contributed by atoms with Crippen molar-refractivity contribution in [2.24, 2.45) is 0 Å². The molecule has 1 aromatic rings. The van der Waals surface area contributed by atoms with Gasteiger partial charge in [-0.15, -0.1) is 0 Å². The van der Waals surface area contributed by atoms with Crippen molar-refractivity contribution < 1.29 is 18.0 Å². The van der Waals surface area contributed by atoms with Gasteiger partial charge in [-0.1, -0.05) is 11.6 Å².